The predicted octanol–water partition coefficient (Wildman–Crippen LogP) is 3.65. The van der Waals surface area contributed by atoms with Crippen molar-refractivity contribution < 1.29 is 0 Å². The average Bonchev–Trinajstić information content (AvgIpc) is 1.87. The van der Waals surface area contributed by atoms with Gasteiger partial charge in [-0.15, -0.1) is 50.9 Å². The van der Waals surface area contributed by atoms with Gasteiger partial charge < -0.3 is 5.73 Å². The molecule has 2 N–H and O–H groups in total. The van der Waals surface area contributed by atoms with Gasteiger partial charge in [0.25, 0.3) is 0 Å². The Morgan fingerprint density at radius 2 is 1.00 bits per heavy atom. The molecule has 0 unspecified atom stereocenters. The molecule has 0 atom stereocenters. The summed E-state index contributed by atoms with van der Waals surface area (Å²) in [5.74, 6) is 0. The van der Waals surface area contributed by atoms with Crippen LogP contribution in [0.15, 0.2) is 0 Å². The zero-order valence-electron chi connectivity index (χ0n) is 7.42. The van der Waals surface area contributed by atoms with Crippen LogP contribution < -0.4 is 5.73 Å². The minimum Gasteiger partial charge on any atom is -0.325 e. The lowest BCUT2D eigenvalue weighted by atomic mass is 9.92. The van der Waals surface area contributed by atoms with E-state index in [1.54, 1.807) is 0 Å². The Bertz CT molecular complexity index is 56.4. The maximum Gasteiger partial charge on any atom is 0.0146 e. The number of halogens is 3. The third kappa shape index (κ3) is 9.31. The highest BCUT2D eigenvalue weighted by Gasteiger charge is 2.15. The van der Waals surface area contributed by atoms with Crippen LogP contribution in [0.25, 0.3) is 0 Å². The average molecular weight is 358 g/mol. The van der Waals surface area contributed by atoms with Gasteiger partial charge in [-0.3, -0.25) is 0 Å². The Labute approximate surface area is 102 Å². The van der Waals surface area contributed by atoms with Gasteiger partial charge in [0.2, 0.25) is 0 Å². The smallest absolute Gasteiger partial charge is 0.0146 e. The summed E-state index contributed by atoms with van der Waals surface area (Å²) in [6.45, 7) is 6.44. The highest BCUT2D eigenvalue weighted by atomic mass is 79.9. The molecule has 0 amide bonds. The molecule has 0 aromatic heterocycles. The molecule has 4 heteroatoms. The molecule has 0 aliphatic carbocycles. The molecule has 0 heterocycles. The van der Waals surface area contributed by atoms with Crippen molar-refractivity contribution in [2.75, 3.05) is 0 Å². The second-order valence-electron chi connectivity index (χ2n) is 2.42. The van der Waals surface area contributed by atoms with Gasteiger partial charge in [-0.25, -0.2) is 0 Å². The van der Waals surface area contributed by atoms with Crippen molar-refractivity contribution in [3.63, 3.8) is 0 Å². The molecular formula is C7H20Br3N. The molecule has 0 aromatic carbocycles. The second kappa shape index (κ2) is 11.4. The maximum absolute atomic E-state index is 5.90. The number of rotatable bonds is 3. The maximum atomic E-state index is 5.90. The first-order chi connectivity index (χ1) is 3.68. The summed E-state index contributed by atoms with van der Waals surface area (Å²) in [7, 11) is 0. The molecule has 0 aromatic rings. The van der Waals surface area contributed by atoms with Crippen LogP contribution in [0.3, 0.4) is 0 Å². The van der Waals surface area contributed by atoms with Gasteiger partial charge in [-0.2, -0.15) is 0 Å². The van der Waals surface area contributed by atoms with Crippen LogP contribution in [0.1, 0.15) is 40.0 Å². The fourth-order valence-electron chi connectivity index (χ4n) is 0.750. The van der Waals surface area contributed by atoms with E-state index in [2.05, 4.69) is 20.8 Å². The Morgan fingerprint density at radius 3 is 1.00 bits per heavy atom. The Kier molecular flexibility index (Phi) is 23.7. The van der Waals surface area contributed by atoms with Crippen LogP contribution in [0.2, 0.25) is 0 Å². The molecule has 0 aliphatic rings. The molecule has 11 heavy (non-hydrogen) atoms. The second-order valence-corrected chi connectivity index (χ2v) is 2.42. The third-order valence-electron chi connectivity index (χ3n) is 2.11. The molecular weight excluding hydrogens is 338 g/mol. The van der Waals surface area contributed by atoms with Crippen molar-refractivity contribution in [3.05, 3.63) is 0 Å². The van der Waals surface area contributed by atoms with E-state index in [0.717, 1.165) is 19.3 Å². The van der Waals surface area contributed by atoms with Gasteiger partial charge in [-0.05, 0) is 19.3 Å². The molecule has 74 valence electrons. The van der Waals surface area contributed by atoms with Gasteiger partial charge in [0.05, 0.1) is 0 Å². The molecule has 1 nitrogen and oxygen atoms in total. The van der Waals surface area contributed by atoms with Gasteiger partial charge in [0, 0.05) is 5.54 Å². The van der Waals surface area contributed by atoms with E-state index >= 15 is 0 Å². The Hall–Kier alpha value is 1.40. The largest absolute Gasteiger partial charge is 0.325 e. The lowest BCUT2D eigenvalue weighted by Gasteiger charge is -2.23. The summed E-state index contributed by atoms with van der Waals surface area (Å²) >= 11 is 0. The van der Waals surface area contributed by atoms with Crippen LogP contribution in [0.5, 0.6) is 0 Å². The SMILES string of the molecule is Br.Br.Br.CCC(N)(CC)CC. The standard InChI is InChI=1S/C7H17N.3BrH/c1-4-7(8,5-2)6-3;;;/h4-6,8H2,1-3H3;3*1H. The highest BCUT2D eigenvalue weighted by Crippen LogP contribution is 2.14. The van der Waals surface area contributed by atoms with Crippen molar-refractivity contribution in [1.82, 2.24) is 0 Å². The van der Waals surface area contributed by atoms with Crippen LogP contribution in [0, 0.1) is 0 Å². The van der Waals surface area contributed by atoms with E-state index < -0.39 is 0 Å². The van der Waals surface area contributed by atoms with Crippen molar-refractivity contribution in [2.45, 2.75) is 45.6 Å². The molecule has 0 saturated carbocycles. The normalized spacial score (nSPS) is 8.73. The van der Waals surface area contributed by atoms with E-state index in [9.17, 15) is 0 Å². The Balaban J connectivity index is -0.0000000817. The molecule has 0 radical (unpaired) electrons. The van der Waals surface area contributed by atoms with Gasteiger partial charge in [0.15, 0.2) is 0 Å². The minimum atomic E-state index is 0. The molecule has 0 rings (SSSR count). The number of hydrogen-bond donors (Lipinski definition) is 1. The third-order valence-corrected chi connectivity index (χ3v) is 2.11. The summed E-state index contributed by atoms with van der Waals surface area (Å²) in [5.41, 5.74) is 6.02. The van der Waals surface area contributed by atoms with E-state index in [1.807, 2.05) is 0 Å². The zero-order valence-corrected chi connectivity index (χ0v) is 12.6. The minimum absolute atomic E-state index is 0. The Morgan fingerprint density at radius 1 is 0.818 bits per heavy atom. The van der Waals surface area contributed by atoms with Crippen LogP contribution >= 0.6 is 50.9 Å². The molecule has 0 spiro atoms. The lowest BCUT2D eigenvalue weighted by Crippen LogP contribution is -2.37. The first-order valence-electron chi connectivity index (χ1n) is 3.47. The predicted molar refractivity (Wildman–Crippen MR) is 68.8 cm³/mol. The van der Waals surface area contributed by atoms with Gasteiger partial charge in [0.1, 0.15) is 0 Å². The molecule has 0 saturated heterocycles. The fourth-order valence-corrected chi connectivity index (χ4v) is 0.750. The van der Waals surface area contributed by atoms with Crippen LogP contribution in [-0.2, 0) is 0 Å². The molecule has 0 aliphatic heterocycles. The van der Waals surface area contributed by atoms with Crippen molar-refractivity contribution in [1.29, 1.82) is 0 Å². The summed E-state index contributed by atoms with van der Waals surface area (Å²) in [6, 6.07) is 0. The van der Waals surface area contributed by atoms with Gasteiger partial charge in [-0.1, -0.05) is 20.8 Å². The number of nitrogens with two attached hydrogens (primary N) is 1. The fraction of sp³-hybridized carbons (Fsp3) is 1.00. The van der Waals surface area contributed by atoms with E-state index in [0.29, 0.717) is 0 Å². The van der Waals surface area contributed by atoms with Crippen LogP contribution in [0.4, 0.5) is 0 Å². The van der Waals surface area contributed by atoms with Crippen LogP contribution in [-0.4, -0.2) is 5.54 Å². The molecule has 0 bridgehead atoms. The first-order valence-corrected chi connectivity index (χ1v) is 3.47. The summed E-state index contributed by atoms with van der Waals surface area (Å²) in [4.78, 5) is 0. The quantitative estimate of drug-likeness (QED) is 0.819. The van der Waals surface area contributed by atoms with Gasteiger partial charge >= 0.3 is 0 Å². The highest BCUT2D eigenvalue weighted by molar-refractivity contribution is 8.93. The van der Waals surface area contributed by atoms with E-state index in [-0.39, 0.29) is 56.5 Å². The summed E-state index contributed by atoms with van der Waals surface area (Å²) in [5, 5.41) is 0. The van der Waals surface area contributed by atoms with E-state index in [4.69, 9.17) is 5.73 Å². The monoisotopic (exact) mass is 355 g/mol. The number of hydrogen-bond acceptors (Lipinski definition) is 1. The summed E-state index contributed by atoms with van der Waals surface area (Å²) < 4.78 is 0. The first kappa shape index (κ1) is 22.8. The van der Waals surface area contributed by atoms with Crippen molar-refractivity contribution >= 4 is 50.9 Å². The van der Waals surface area contributed by atoms with Crippen molar-refractivity contribution in [2.24, 2.45) is 5.73 Å². The topological polar surface area (TPSA) is 26.0 Å². The molecule has 0 fully saturated rings. The zero-order chi connectivity index (χ0) is 6.62. The summed E-state index contributed by atoms with van der Waals surface area (Å²) in [6.07, 6.45) is 3.29. The lowest BCUT2D eigenvalue weighted by molar-refractivity contribution is 0.383. The van der Waals surface area contributed by atoms with Crippen molar-refractivity contribution in [3.8, 4) is 0 Å². The van der Waals surface area contributed by atoms with E-state index in [1.165, 1.54) is 0 Å².